The maximum atomic E-state index is 2.74. The minimum Gasteiger partial charge on any atom is -0.225 e. The summed E-state index contributed by atoms with van der Waals surface area (Å²) in [6, 6.07) is 35.0. The molecule has 2 nitrogen and oxygen atoms in total. The van der Waals surface area contributed by atoms with Crippen molar-refractivity contribution < 1.29 is 4.40 Å². The monoisotopic (exact) mass is 553 g/mol. The number of imidazole rings is 1. The quantitative estimate of drug-likeness (QED) is 0.117. The van der Waals surface area contributed by atoms with Gasteiger partial charge in [0, 0.05) is 17.7 Å². The molecule has 0 spiro atoms. The van der Waals surface area contributed by atoms with Crippen molar-refractivity contribution in [3.63, 3.8) is 0 Å². The minimum absolute atomic E-state index is 0.266. The van der Waals surface area contributed by atoms with Crippen molar-refractivity contribution in [2.75, 3.05) is 0 Å². The zero-order valence-corrected chi connectivity index (χ0v) is 26.7. The average Bonchev–Trinajstić information content (AvgIpc) is 3.27. The molecule has 0 atom stereocenters. The molecule has 0 radical (unpaired) electrons. The van der Waals surface area contributed by atoms with Crippen LogP contribution in [0, 0.1) is 13.8 Å². The zero-order chi connectivity index (χ0) is 28.8. The van der Waals surface area contributed by atoms with Gasteiger partial charge in [-0.15, -0.1) is 0 Å². The molecule has 0 amide bonds. The van der Waals surface area contributed by atoms with Gasteiger partial charge in [0.25, 0.3) is 5.65 Å². The smallest absolute Gasteiger partial charge is 0.225 e. The zero-order valence-electron chi connectivity index (χ0n) is 25.7. The van der Waals surface area contributed by atoms with Crippen LogP contribution in [0.15, 0.2) is 91.0 Å². The molecular formula is C38H41N2Si+. The van der Waals surface area contributed by atoms with Crippen LogP contribution < -0.4 is 9.59 Å². The molecule has 0 unspecified atom stereocenters. The SMILES string of the molecule is Cc1ccc2c3c1c1cccc(C(C)C)c1c1n(C(C)C)c(C)c([n+]31)C(c1ccccc1)(c1ccccc1)[Si]2(C)C. The van der Waals surface area contributed by atoms with E-state index in [1.807, 2.05) is 0 Å². The van der Waals surface area contributed by atoms with Crippen LogP contribution in [0.4, 0.5) is 0 Å². The first kappa shape index (κ1) is 26.2. The molecule has 0 aliphatic carbocycles. The van der Waals surface area contributed by atoms with Crippen LogP contribution in [0.3, 0.4) is 0 Å². The number of nitrogens with zero attached hydrogens (tertiary/aromatic N) is 2. The molecule has 0 saturated carbocycles. The van der Waals surface area contributed by atoms with E-state index in [0.29, 0.717) is 12.0 Å². The van der Waals surface area contributed by atoms with Crippen LogP contribution in [0.5, 0.6) is 0 Å². The third kappa shape index (κ3) is 3.16. The lowest BCUT2D eigenvalue weighted by Gasteiger charge is -2.47. The Bertz CT molecular complexity index is 1940. The van der Waals surface area contributed by atoms with E-state index in [1.165, 1.54) is 61.0 Å². The maximum absolute atomic E-state index is 2.74. The Kier molecular flexibility index (Phi) is 5.69. The molecule has 3 heteroatoms. The lowest BCUT2D eigenvalue weighted by Crippen LogP contribution is -2.68. The molecule has 41 heavy (non-hydrogen) atoms. The van der Waals surface area contributed by atoms with Crippen LogP contribution in [0.2, 0.25) is 13.1 Å². The molecule has 4 aromatic carbocycles. The summed E-state index contributed by atoms with van der Waals surface area (Å²) >= 11 is 0. The number of aryl methyl sites for hydroxylation is 1. The van der Waals surface area contributed by atoms with Crippen LogP contribution in [-0.4, -0.2) is 12.6 Å². The van der Waals surface area contributed by atoms with Crippen molar-refractivity contribution in [3.05, 3.63) is 125 Å². The number of rotatable bonds is 4. The van der Waals surface area contributed by atoms with E-state index in [4.69, 9.17) is 0 Å². The molecule has 0 fully saturated rings. The summed E-state index contributed by atoms with van der Waals surface area (Å²) < 4.78 is 5.39. The highest BCUT2D eigenvalue weighted by Crippen LogP contribution is 2.50. The largest absolute Gasteiger partial charge is 0.295 e. The Balaban J connectivity index is 1.90. The first-order valence-electron chi connectivity index (χ1n) is 15.2. The molecule has 2 aromatic heterocycles. The molecule has 6 aromatic rings. The Morgan fingerprint density at radius 2 is 1.32 bits per heavy atom. The molecule has 1 aliphatic rings. The van der Waals surface area contributed by atoms with Gasteiger partial charge in [0.15, 0.2) is 5.69 Å². The summed E-state index contributed by atoms with van der Waals surface area (Å²) in [6.45, 7) is 19.3. The average molecular weight is 554 g/mol. The van der Waals surface area contributed by atoms with E-state index >= 15 is 0 Å². The van der Waals surface area contributed by atoms with Gasteiger partial charge in [-0.2, -0.15) is 4.40 Å². The van der Waals surface area contributed by atoms with Crippen LogP contribution in [-0.2, 0) is 5.04 Å². The summed E-state index contributed by atoms with van der Waals surface area (Å²) in [5.41, 5.74) is 11.2. The van der Waals surface area contributed by atoms with Crippen LogP contribution >= 0.6 is 0 Å². The second-order valence-corrected chi connectivity index (χ2v) is 17.8. The van der Waals surface area contributed by atoms with Crippen LogP contribution in [0.25, 0.3) is 27.3 Å². The van der Waals surface area contributed by atoms with Crippen molar-refractivity contribution in [2.45, 2.75) is 71.6 Å². The highest BCUT2D eigenvalue weighted by Gasteiger charge is 2.60. The van der Waals surface area contributed by atoms with Crippen molar-refractivity contribution in [2.24, 2.45) is 0 Å². The van der Waals surface area contributed by atoms with Gasteiger partial charge in [-0.1, -0.05) is 118 Å². The molecule has 0 saturated heterocycles. The Labute approximate surface area is 245 Å². The number of hydrogen-bond acceptors (Lipinski definition) is 0. The fraction of sp³-hybridized carbons (Fsp3) is 0.289. The van der Waals surface area contributed by atoms with Gasteiger partial charge in [-0.3, -0.25) is 0 Å². The first-order valence-corrected chi connectivity index (χ1v) is 18.2. The summed E-state index contributed by atoms with van der Waals surface area (Å²) in [7, 11) is -2.31. The number of benzene rings is 4. The van der Waals surface area contributed by atoms with Gasteiger partial charge in [0.1, 0.15) is 19.3 Å². The summed E-state index contributed by atoms with van der Waals surface area (Å²) in [6.07, 6.45) is 0. The van der Waals surface area contributed by atoms with Crippen molar-refractivity contribution in [1.29, 1.82) is 0 Å². The lowest BCUT2D eigenvalue weighted by atomic mass is 9.85. The van der Waals surface area contributed by atoms with Crippen molar-refractivity contribution in [3.8, 4) is 0 Å². The van der Waals surface area contributed by atoms with Gasteiger partial charge in [0.2, 0.25) is 0 Å². The highest BCUT2D eigenvalue weighted by atomic mass is 28.3. The normalized spacial score (nSPS) is 15.7. The summed E-state index contributed by atoms with van der Waals surface area (Å²) in [5, 5.41) is 5.52. The molecular weight excluding hydrogens is 513 g/mol. The van der Waals surface area contributed by atoms with E-state index in [-0.39, 0.29) is 5.04 Å². The van der Waals surface area contributed by atoms with E-state index in [9.17, 15) is 0 Å². The van der Waals surface area contributed by atoms with Gasteiger partial charge in [-0.05, 0) is 54.1 Å². The predicted octanol–water partition coefficient (Wildman–Crippen LogP) is 8.66. The predicted molar refractivity (Wildman–Crippen MR) is 176 cm³/mol. The summed E-state index contributed by atoms with van der Waals surface area (Å²) in [5.74, 6) is 0.421. The Morgan fingerprint density at radius 1 is 0.707 bits per heavy atom. The number of aromatic nitrogens is 2. The maximum Gasteiger partial charge on any atom is 0.295 e. The number of fused-ring (bicyclic) bond motifs is 3. The van der Waals surface area contributed by atoms with Crippen molar-refractivity contribution >= 4 is 40.6 Å². The number of pyridine rings is 1. The fourth-order valence-electron chi connectivity index (χ4n) is 8.48. The van der Waals surface area contributed by atoms with Gasteiger partial charge in [-0.25, -0.2) is 4.57 Å². The Hall–Kier alpha value is -3.69. The number of hydrogen-bond donors (Lipinski definition) is 0. The Morgan fingerprint density at radius 3 is 1.88 bits per heavy atom. The van der Waals surface area contributed by atoms with Crippen LogP contribution in [0.1, 0.15) is 73.3 Å². The third-order valence-electron chi connectivity index (χ3n) is 10.1. The van der Waals surface area contributed by atoms with Gasteiger partial charge < -0.3 is 0 Å². The van der Waals surface area contributed by atoms with Gasteiger partial charge in [0.05, 0.1) is 16.5 Å². The van der Waals surface area contributed by atoms with E-state index in [2.05, 4.69) is 155 Å². The molecule has 7 rings (SSSR count). The van der Waals surface area contributed by atoms with E-state index in [0.717, 1.165) is 0 Å². The fourth-order valence-corrected chi connectivity index (χ4v) is 12.9. The molecule has 206 valence electrons. The molecule has 0 N–H and O–H groups in total. The molecule has 0 bridgehead atoms. The summed E-state index contributed by atoms with van der Waals surface area (Å²) in [4.78, 5) is 0. The topological polar surface area (TPSA) is 9.03 Å². The minimum atomic E-state index is -2.31. The molecule has 3 heterocycles. The second kappa shape index (κ2) is 8.90. The second-order valence-electron chi connectivity index (χ2n) is 13.2. The first-order chi connectivity index (χ1) is 19.6. The van der Waals surface area contributed by atoms with Crippen molar-refractivity contribution in [1.82, 2.24) is 4.57 Å². The van der Waals surface area contributed by atoms with E-state index < -0.39 is 8.07 Å². The third-order valence-corrected chi connectivity index (χ3v) is 14.5. The molecule has 1 aliphatic heterocycles. The standard InChI is InChI=1S/C38H41N2Si/c1-24(2)30-20-15-21-31-33-26(5)22-23-32-35(33)40-36(27(6)39(25(3)4)37(40)34(30)31)38(41(32,7)8,28-16-11-9-12-17-28)29-18-13-10-14-19-29/h9-25H,1-8H3/q+1. The van der Waals surface area contributed by atoms with E-state index in [1.54, 1.807) is 5.19 Å². The highest BCUT2D eigenvalue weighted by molar-refractivity contribution is 6.95. The lowest BCUT2D eigenvalue weighted by molar-refractivity contribution is -0.492. The van der Waals surface area contributed by atoms with Gasteiger partial charge >= 0.3 is 0 Å².